The molecule has 1 atom stereocenters. The van der Waals surface area contributed by atoms with E-state index in [1.807, 2.05) is 0 Å². The van der Waals surface area contributed by atoms with E-state index in [0.717, 1.165) is 0 Å². The van der Waals surface area contributed by atoms with E-state index in [1.165, 1.54) is 0 Å². The van der Waals surface area contributed by atoms with Crippen molar-refractivity contribution >= 4 is 0 Å². The molecule has 1 rings (SSSR count). The summed E-state index contributed by atoms with van der Waals surface area (Å²) in [6.07, 6.45) is -8.84. The summed E-state index contributed by atoms with van der Waals surface area (Å²) in [5.74, 6) is -5.31. The van der Waals surface area contributed by atoms with Crippen LogP contribution in [-0.4, -0.2) is 35.0 Å². The summed E-state index contributed by atoms with van der Waals surface area (Å²) in [6.45, 7) is -0.927. The highest BCUT2D eigenvalue weighted by molar-refractivity contribution is 4.88. The first kappa shape index (κ1) is 11.5. The van der Waals surface area contributed by atoms with Gasteiger partial charge in [-0.1, -0.05) is 5.01 Å². The molecular weight excluding hydrogens is 231 g/mol. The summed E-state index contributed by atoms with van der Waals surface area (Å²) in [7, 11) is 0. The monoisotopic (exact) mass is 234 g/mol. The lowest BCUT2D eigenvalue weighted by molar-refractivity contribution is -0.667. The Labute approximate surface area is 78.5 Å². The Hall–Kier alpha value is -1.55. The van der Waals surface area contributed by atoms with Crippen molar-refractivity contribution in [2.45, 2.75) is 18.3 Å². The van der Waals surface area contributed by atoms with Gasteiger partial charge in [0.2, 0.25) is 0 Å². The molecule has 0 saturated carbocycles. The quantitative estimate of drug-likeness (QED) is 0.412. The van der Waals surface area contributed by atoms with Gasteiger partial charge in [0.25, 0.3) is 6.17 Å². The number of hydrogen-bond donors (Lipinski definition) is 0. The van der Waals surface area contributed by atoms with Crippen LogP contribution in [0.3, 0.4) is 0 Å². The van der Waals surface area contributed by atoms with Gasteiger partial charge in [0, 0.05) is 0 Å². The third-order valence-electron chi connectivity index (χ3n) is 1.59. The summed E-state index contributed by atoms with van der Waals surface area (Å²) in [4.78, 5) is 10.1. The second-order valence-electron chi connectivity index (χ2n) is 2.57. The molecule has 1 aliphatic heterocycles. The average Bonchev–Trinajstić information content (AvgIpc) is 2.48. The van der Waals surface area contributed by atoms with Gasteiger partial charge in [-0.05, 0) is 0 Å². The van der Waals surface area contributed by atoms with Crippen molar-refractivity contribution in [3.05, 3.63) is 10.1 Å². The molecule has 0 aromatic rings. The van der Waals surface area contributed by atoms with E-state index < -0.39 is 30.0 Å². The minimum atomic E-state index is -5.91. The number of hydrogen-bond acceptors (Lipinski definition) is 4. The van der Waals surface area contributed by atoms with Crippen molar-refractivity contribution in [3.63, 3.8) is 0 Å². The van der Waals surface area contributed by atoms with Crippen molar-refractivity contribution in [1.82, 2.24) is 5.01 Å². The van der Waals surface area contributed by atoms with Gasteiger partial charge in [-0.15, -0.1) is 0 Å². The number of azo groups is 1. The van der Waals surface area contributed by atoms with Gasteiger partial charge in [-0.2, -0.15) is 32.2 Å². The van der Waals surface area contributed by atoms with Crippen LogP contribution in [0.1, 0.15) is 0 Å². The zero-order valence-corrected chi connectivity index (χ0v) is 6.78. The zero-order valence-electron chi connectivity index (χ0n) is 6.78. The van der Waals surface area contributed by atoms with E-state index in [4.69, 9.17) is 0 Å². The second-order valence-corrected chi connectivity index (χ2v) is 2.57. The molecule has 0 amide bonds. The number of rotatable bonds is 2. The van der Waals surface area contributed by atoms with E-state index in [-0.39, 0.29) is 5.01 Å². The van der Waals surface area contributed by atoms with Crippen LogP contribution in [0.2, 0.25) is 0 Å². The largest absolute Gasteiger partial charge is 0.457 e. The maximum absolute atomic E-state index is 12.6. The summed E-state index contributed by atoms with van der Waals surface area (Å²) in [5.41, 5.74) is 0. The summed E-state index contributed by atoms with van der Waals surface area (Å²) in [5, 5.41) is 13.6. The Morgan fingerprint density at radius 3 is 2.27 bits per heavy atom. The second kappa shape index (κ2) is 3.24. The van der Waals surface area contributed by atoms with E-state index in [9.17, 15) is 32.1 Å². The van der Waals surface area contributed by atoms with Gasteiger partial charge in [0.15, 0.2) is 11.7 Å². The molecule has 0 aromatic carbocycles. The average molecular weight is 234 g/mol. The molecule has 0 saturated heterocycles. The van der Waals surface area contributed by atoms with Crippen LogP contribution in [-0.2, 0) is 0 Å². The van der Waals surface area contributed by atoms with Crippen LogP contribution in [0.5, 0.6) is 0 Å². The van der Waals surface area contributed by atoms with Crippen LogP contribution in [0.4, 0.5) is 22.0 Å². The molecule has 0 aliphatic carbocycles. The highest BCUT2D eigenvalue weighted by atomic mass is 19.4. The summed E-state index contributed by atoms with van der Waals surface area (Å²) < 4.78 is 60.7. The molecule has 0 bridgehead atoms. The molecule has 0 spiro atoms. The summed E-state index contributed by atoms with van der Waals surface area (Å²) in [6, 6.07) is 0. The van der Waals surface area contributed by atoms with Crippen molar-refractivity contribution < 1.29 is 27.0 Å². The maximum Gasteiger partial charge on any atom is 0.457 e. The Bertz CT molecular complexity index is 302. The number of alkyl halides is 5. The molecule has 86 valence electrons. The normalized spacial score (nSPS) is 22.2. The topological polar surface area (TPSA) is 71.1 Å². The molecule has 0 radical (unpaired) electrons. The van der Waals surface area contributed by atoms with Crippen LogP contribution < -0.4 is 0 Å². The predicted molar refractivity (Wildman–Crippen MR) is 33.3 cm³/mol. The van der Waals surface area contributed by atoms with Crippen molar-refractivity contribution in [2.24, 2.45) is 10.2 Å². The number of hydrazine groups is 1. The van der Waals surface area contributed by atoms with Crippen LogP contribution in [0, 0.1) is 10.1 Å². The highest BCUT2D eigenvalue weighted by Crippen LogP contribution is 2.41. The number of nitro groups is 1. The third-order valence-corrected chi connectivity index (χ3v) is 1.59. The Kier molecular flexibility index (Phi) is 2.49. The molecule has 1 heterocycles. The van der Waals surface area contributed by atoms with Gasteiger partial charge < -0.3 is 0 Å². The fourth-order valence-electron chi connectivity index (χ4n) is 0.863. The van der Waals surface area contributed by atoms with Gasteiger partial charge in [-0.3, -0.25) is 0 Å². The molecule has 1 unspecified atom stereocenters. The molecule has 15 heavy (non-hydrogen) atoms. The Morgan fingerprint density at radius 1 is 1.33 bits per heavy atom. The minimum Gasteiger partial charge on any atom is -0.235 e. The fraction of sp³-hybridized carbons (Fsp3) is 1.00. The van der Waals surface area contributed by atoms with Crippen molar-refractivity contribution in [1.29, 1.82) is 0 Å². The Balaban J connectivity index is 2.96. The van der Waals surface area contributed by atoms with Crippen LogP contribution in [0.25, 0.3) is 0 Å². The number of nitrogens with zero attached hydrogens (tertiary/aromatic N) is 4. The molecule has 11 heteroatoms. The van der Waals surface area contributed by atoms with E-state index in [2.05, 4.69) is 10.2 Å². The van der Waals surface area contributed by atoms with Gasteiger partial charge in [0.1, 0.15) is 0 Å². The minimum absolute atomic E-state index is 0.381. The molecule has 6 nitrogen and oxygen atoms in total. The first-order chi connectivity index (χ1) is 6.68. The molecular formula is C4H3F5N4O2. The van der Waals surface area contributed by atoms with Gasteiger partial charge in [-0.25, -0.2) is 10.1 Å². The zero-order chi connectivity index (χ0) is 11.9. The lowest BCUT2D eigenvalue weighted by Gasteiger charge is -2.24. The smallest absolute Gasteiger partial charge is 0.235 e. The molecule has 0 N–H and O–H groups in total. The lowest BCUT2D eigenvalue weighted by atomic mass is 10.2. The van der Waals surface area contributed by atoms with E-state index in [0.29, 0.717) is 0 Å². The first-order valence-electron chi connectivity index (χ1n) is 3.40. The van der Waals surface area contributed by atoms with Crippen LogP contribution in [0.15, 0.2) is 10.2 Å². The van der Waals surface area contributed by atoms with Crippen LogP contribution >= 0.6 is 0 Å². The lowest BCUT2D eigenvalue weighted by Crippen LogP contribution is -2.54. The summed E-state index contributed by atoms with van der Waals surface area (Å²) >= 11 is 0. The van der Waals surface area contributed by atoms with E-state index in [1.54, 1.807) is 0 Å². The standard InChI is InChI=1S/C4H3F5N4O2/c5-3(6,4(7,8)9)2-11-10-1-12(2)13(14)15/h2H,1H2. The maximum atomic E-state index is 12.6. The SMILES string of the molecule is O=[N+]([O-])N1CN=NC1C(F)(F)C(F)(F)F. The van der Waals surface area contributed by atoms with E-state index >= 15 is 0 Å². The van der Waals surface area contributed by atoms with Crippen molar-refractivity contribution in [2.75, 3.05) is 6.67 Å². The number of halogens is 5. The predicted octanol–water partition coefficient (Wildman–Crippen LogP) is 1.43. The molecule has 0 fully saturated rings. The highest BCUT2D eigenvalue weighted by Gasteiger charge is 2.68. The Morgan fingerprint density at radius 2 is 1.87 bits per heavy atom. The third kappa shape index (κ3) is 1.80. The molecule has 1 aliphatic rings. The van der Waals surface area contributed by atoms with Gasteiger partial charge >= 0.3 is 12.1 Å². The molecule has 0 aromatic heterocycles. The fourth-order valence-corrected chi connectivity index (χ4v) is 0.863. The first-order valence-corrected chi connectivity index (χ1v) is 3.40. The van der Waals surface area contributed by atoms with Crippen molar-refractivity contribution in [3.8, 4) is 0 Å². The van der Waals surface area contributed by atoms with Gasteiger partial charge in [0.05, 0.1) is 0 Å².